The third-order valence-electron chi connectivity index (χ3n) is 5.07. The number of halogens is 1. The van der Waals surface area contributed by atoms with E-state index in [9.17, 15) is 4.79 Å². The van der Waals surface area contributed by atoms with Crippen LogP contribution in [0.5, 0.6) is 11.5 Å². The maximum Gasteiger partial charge on any atom is 0.271 e. The molecule has 1 aliphatic carbocycles. The van der Waals surface area contributed by atoms with E-state index in [4.69, 9.17) is 30.9 Å². The van der Waals surface area contributed by atoms with Gasteiger partial charge in [0.2, 0.25) is 0 Å². The van der Waals surface area contributed by atoms with E-state index in [2.05, 4.69) is 22.0 Å². The summed E-state index contributed by atoms with van der Waals surface area (Å²) in [5.74, 6) is 1.55. The zero-order valence-corrected chi connectivity index (χ0v) is 19.6. The molecular formula is C23H31ClN4O5. The van der Waals surface area contributed by atoms with Crippen molar-refractivity contribution in [3.8, 4) is 11.5 Å². The first-order valence-electron chi connectivity index (χ1n) is 10.8. The van der Waals surface area contributed by atoms with Gasteiger partial charge in [-0.05, 0) is 24.1 Å². The number of nitrogens with one attached hydrogen (secondary N) is 3. The van der Waals surface area contributed by atoms with Crippen molar-refractivity contribution in [2.45, 2.75) is 18.1 Å². The largest absolute Gasteiger partial charge is 0.497 e. The first-order valence-corrected chi connectivity index (χ1v) is 11.2. The summed E-state index contributed by atoms with van der Waals surface area (Å²) in [5.41, 5.74) is 1.46. The van der Waals surface area contributed by atoms with Crippen LogP contribution in [0.2, 0.25) is 0 Å². The molecule has 2 atom stereocenters. The number of methoxy groups -OCH3 is 1. The van der Waals surface area contributed by atoms with Crippen molar-refractivity contribution in [1.29, 1.82) is 0 Å². The monoisotopic (exact) mass is 478 g/mol. The van der Waals surface area contributed by atoms with E-state index in [1.807, 2.05) is 35.3 Å². The number of alkyl halides is 1. The Labute approximate surface area is 199 Å². The molecule has 9 nitrogen and oxygen atoms in total. The molecule has 33 heavy (non-hydrogen) atoms. The second-order valence-electron chi connectivity index (χ2n) is 7.38. The molecule has 180 valence electrons. The molecule has 1 aromatic carbocycles. The standard InChI is InChI=1S/C23H31ClN4O5/c1-25-21-20(22(30)26-10-12-32-13-11-29)28(15-16-6-8-17(24)9-7-16)23(27-21)33-19-5-3-4-18(14-19)31-2/h3-8,14,17,23,25,27,29H,9-13,15H2,1-2H3,(H,26,30). The van der Waals surface area contributed by atoms with Crippen LogP contribution in [-0.2, 0) is 9.53 Å². The van der Waals surface area contributed by atoms with Crippen molar-refractivity contribution in [3.05, 3.63) is 59.6 Å². The fraction of sp³-hybridized carbons (Fsp3) is 0.435. The van der Waals surface area contributed by atoms with Gasteiger partial charge < -0.3 is 40.2 Å². The predicted molar refractivity (Wildman–Crippen MR) is 126 cm³/mol. The lowest BCUT2D eigenvalue weighted by atomic mass is 10.1. The second kappa shape index (κ2) is 12.4. The fourth-order valence-electron chi connectivity index (χ4n) is 3.46. The minimum atomic E-state index is -0.631. The molecule has 1 amide bonds. The summed E-state index contributed by atoms with van der Waals surface area (Å²) in [4.78, 5) is 15.0. The van der Waals surface area contributed by atoms with Gasteiger partial charge >= 0.3 is 0 Å². The summed E-state index contributed by atoms with van der Waals surface area (Å²) >= 11 is 6.18. The van der Waals surface area contributed by atoms with E-state index >= 15 is 0 Å². The Kier molecular flexibility index (Phi) is 9.29. The van der Waals surface area contributed by atoms with Crippen LogP contribution >= 0.6 is 11.6 Å². The molecule has 10 heteroatoms. The number of hydrogen-bond acceptors (Lipinski definition) is 8. The third-order valence-corrected chi connectivity index (χ3v) is 5.40. The predicted octanol–water partition coefficient (Wildman–Crippen LogP) is 1.27. The van der Waals surface area contributed by atoms with Crippen LogP contribution in [0.3, 0.4) is 0 Å². The lowest BCUT2D eigenvalue weighted by Crippen LogP contribution is -2.45. The van der Waals surface area contributed by atoms with E-state index < -0.39 is 6.35 Å². The molecule has 2 aliphatic rings. The highest BCUT2D eigenvalue weighted by Gasteiger charge is 2.37. The van der Waals surface area contributed by atoms with Gasteiger partial charge in [-0.3, -0.25) is 4.79 Å². The number of carbonyl (C=O) groups excluding carboxylic acids is 1. The van der Waals surface area contributed by atoms with Gasteiger partial charge in [-0.15, -0.1) is 11.6 Å². The lowest BCUT2D eigenvalue weighted by molar-refractivity contribution is -0.120. The average molecular weight is 479 g/mol. The molecule has 4 N–H and O–H groups in total. The highest BCUT2D eigenvalue weighted by Crippen LogP contribution is 2.27. The molecule has 0 saturated carbocycles. The van der Waals surface area contributed by atoms with E-state index in [0.717, 1.165) is 12.0 Å². The molecule has 0 saturated heterocycles. The van der Waals surface area contributed by atoms with Gasteiger partial charge in [-0.25, -0.2) is 0 Å². The lowest BCUT2D eigenvalue weighted by Gasteiger charge is -2.29. The number of aliphatic hydroxyl groups is 1. The molecule has 1 aliphatic heterocycles. The SMILES string of the molecule is CNC1=C(C(=O)NCCOCCO)N(CC2=CCC(Cl)C=C2)C(Oc2cccc(OC)c2)N1. The number of aliphatic hydroxyl groups excluding tert-OH is 1. The van der Waals surface area contributed by atoms with Crippen LogP contribution in [0.1, 0.15) is 6.42 Å². The molecule has 3 rings (SSSR count). The number of allylic oxidation sites excluding steroid dienone is 2. The van der Waals surface area contributed by atoms with Crippen molar-refractivity contribution < 1.29 is 24.1 Å². The van der Waals surface area contributed by atoms with E-state index in [-0.39, 0.29) is 24.5 Å². The van der Waals surface area contributed by atoms with Crippen LogP contribution in [0.25, 0.3) is 0 Å². The van der Waals surface area contributed by atoms with Crippen LogP contribution in [0.15, 0.2) is 59.6 Å². The maximum atomic E-state index is 13.1. The van der Waals surface area contributed by atoms with Crippen molar-refractivity contribution in [2.24, 2.45) is 0 Å². The summed E-state index contributed by atoms with van der Waals surface area (Å²) in [6.07, 6.45) is 6.07. The Balaban J connectivity index is 1.79. The average Bonchev–Trinajstić information content (AvgIpc) is 3.17. The minimum absolute atomic E-state index is 0.0283. The van der Waals surface area contributed by atoms with Crippen molar-refractivity contribution in [2.75, 3.05) is 47.1 Å². The summed E-state index contributed by atoms with van der Waals surface area (Å²) in [5, 5.41) is 18.0. The molecule has 0 radical (unpaired) electrons. The first kappa shape index (κ1) is 24.8. The van der Waals surface area contributed by atoms with Gasteiger partial charge in [-0.1, -0.05) is 24.3 Å². The van der Waals surface area contributed by atoms with Gasteiger partial charge in [-0.2, -0.15) is 0 Å². The molecule has 0 spiro atoms. The highest BCUT2D eigenvalue weighted by atomic mass is 35.5. The van der Waals surface area contributed by atoms with Crippen molar-refractivity contribution >= 4 is 17.5 Å². The molecule has 1 heterocycles. The van der Waals surface area contributed by atoms with Gasteiger partial charge in [0.25, 0.3) is 12.3 Å². The normalized spacial score (nSPS) is 19.8. The van der Waals surface area contributed by atoms with Gasteiger partial charge in [0.15, 0.2) is 0 Å². The molecule has 0 aromatic heterocycles. The Hall–Kier alpha value is -2.88. The van der Waals surface area contributed by atoms with Gasteiger partial charge in [0.05, 0.1) is 32.3 Å². The molecular weight excluding hydrogens is 448 g/mol. The molecule has 0 bridgehead atoms. The maximum absolute atomic E-state index is 13.1. The van der Waals surface area contributed by atoms with E-state index in [1.165, 1.54) is 0 Å². The quantitative estimate of drug-likeness (QED) is 0.263. The topological polar surface area (TPSA) is 104 Å². The minimum Gasteiger partial charge on any atom is -0.497 e. The highest BCUT2D eigenvalue weighted by molar-refractivity contribution is 6.22. The number of rotatable bonds is 12. The first-order chi connectivity index (χ1) is 16.0. The van der Waals surface area contributed by atoms with E-state index in [1.54, 1.807) is 20.2 Å². The number of amides is 1. The Morgan fingerprint density at radius 3 is 2.85 bits per heavy atom. The Morgan fingerprint density at radius 2 is 2.15 bits per heavy atom. The number of benzene rings is 1. The van der Waals surface area contributed by atoms with E-state index in [0.29, 0.717) is 42.7 Å². The van der Waals surface area contributed by atoms with Crippen molar-refractivity contribution in [3.63, 3.8) is 0 Å². The van der Waals surface area contributed by atoms with Crippen LogP contribution in [0, 0.1) is 0 Å². The number of carbonyl (C=O) groups is 1. The molecule has 0 fully saturated rings. The third kappa shape index (κ3) is 6.80. The summed E-state index contributed by atoms with van der Waals surface area (Å²) in [7, 11) is 3.34. The molecule has 2 unspecified atom stereocenters. The van der Waals surface area contributed by atoms with Crippen LogP contribution < -0.4 is 25.4 Å². The number of ether oxygens (including phenoxy) is 3. The van der Waals surface area contributed by atoms with Crippen LogP contribution in [0.4, 0.5) is 0 Å². The second-order valence-corrected chi connectivity index (χ2v) is 7.94. The zero-order valence-electron chi connectivity index (χ0n) is 18.8. The van der Waals surface area contributed by atoms with Crippen LogP contribution in [-0.4, -0.2) is 74.7 Å². The summed E-state index contributed by atoms with van der Waals surface area (Å²) in [6.45, 7) is 1.22. The summed E-state index contributed by atoms with van der Waals surface area (Å²) < 4.78 is 16.7. The Morgan fingerprint density at radius 1 is 1.33 bits per heavy atom. The number of hydrogen-bond donors (Lipinski definition) is 4. The van der Waals surface area contributed by atoms with Gasteiger partial charge in [0.1, 0.15) is 23.0 Å². The van der Waals surface area contributed by atoms with Gasteiger partial charge in [0, 0.05) is 26.2 Å². The van der Waals surface area contributed by atoms with Crippen molar-refractivity contribution in [1.82, 2.24) is 20.9 Å². The summed E-state index contributed by atoms with van der Waals surface area (Å²) in [6, 6.07) is 7.29. The fourth-order valence-corrected chi connectivity index (χ4v) is 3.63. The molecule has 1 aromatic rings. The zero-order chi connectivity index (χ0) is 23.6. The Bertz CT molecular complexity index is 905. The number of nitrogens with zero attached hydrogens (tertiary/aromatic N) is 1. The smallest absolute Gasteiger partial charge is 0.271 e.